The van der Waals surface area contributed by atoms with E-state index in [1.54, 1.807) is 0 Å². The molecule has 13 heteroatoms. The van der Waals surface area contributed by atoms with Gasteiger partial charge in [-0.25, -0.2) is 8.42 Å². The van der Waals surface area contributed by atoms with Crippen molar-refractivity contribution in [2.75, 3.05) is 36.5 Å². The first kappa shape index (κ1) is 22.9. The minimum atomic E-state index is -5.17. The van der Waals surface area contributed by atoms with Gasteiger partial charge in [0.2, 0.25) is 15.4 Å². The number of anilines is 2. The summed E-state index contributed by atoms with van der Waals surface area (Å²) in [4.78, 5) is 13.4. The van der Waals surface area contributed by atoms with Crippen LogP contribution in [0.4, 0.5) is 24.7 Å². The molecular weight excluding hydrogens is 441 g/mol. The fourth-order valence-electron chi connectivity index (χ4n) is 2.64. The predicted molar refractivity (Wildman–Crippen MR) is 102 cm³/mol. The van der Waals surface area contributed by atoms with Crippen LogP contribution in [0.3, 0.4) is 0 Å². The molecule has 9 nitrogen and oxygen atoms in total. The molecule has 168 valence electrons. The number of hydrogen-bond donors (Lipinski definition) is 2. The van der Waals surface area contributed by atoms with Gasteiger partial charge >= 0.3 is 6.18 Å². The lowest BCUT2D eigenvalue weighted by Gasteiger charge is -2.27. The van der Waals surface area contributed by atoms with E-state index in [1.807, 2.05) is 10.2 Å². The van der Waals surface area contributed by atoms with Gasteiger partial charge in [0.05, 0.1) is 18.1 Å². The van der Waals surface area contributed by atoms with Crippen molar-refractivity contribution < 1.29 is 36.2 Å². The maximum atomic E-state index is 12.7. The zero-order valence-electron chi connectivity index (χ0n) is 16.3. The molecule has 0 bridgehead atoms. The number of nitrogens with zero attached hydrogens (tertiary/aromatic N) is 3. The maximum Gasteiger partial charge on any atom is 0.426 e. The first-order chi connectivity index (χ1) is 14.4. The molecule has 1 fully saturated rings. The summed E-state index contributed by atoms with van der Waals surface area (Å²) >= 11 is 0. The van der Waals surface area contributed by atoms with E-state index in [0.29, 0.717) is 39.0 Å². The average Bonchev–Trinajstić information content (AvgIpc) is 2.74. The van der Waals surface area contributed by atoms with E-state index in [4.69, 9.17) is 4.74 Å². The molecule has 0 aliphatic carbocycles. The molecule has 0 unspecified atom stereocenters. The monoisotopic (exact) mass is 460 g/mol. The number of ether oxygens (including phenoxy) is 1. The molecule has 2 heterocycles. The molecule has 1 atom stereocenters. The molecule has 1 aromatic heterocycles. The standard InChI is InChI=1S/C18H19F3N4O5S/c1-17(27,18(19,20)21)16(26)22-12-2-4-13(5-3-12)31(28,29)15-7-6-14(23-24-15)25-8-10-30-11-9-25/h2-7,27H,8-11H2,1H3,(H,22,26)/t17-/m0/s1. The van der Waals surface area contributed by atoms with Gasteiger partial charge < -0.3 is 20.1 Å². The summed E-state index contributed by atoms with van der Waals surface area (Å²) in [7, 11) is -4.04. The second-order valence-corrected chi connectivity index (χ2v) is 8.78. The molecule has 1 saturated heterocycles. The predicted octanol–water partition coefficient (Wildman–Crippen LogP) is 1.40. The van der Waals surface area contributed by atoms with Crippen LogP contribution in [0.1, 0.15) is 6.92 Å². The van der Waals surface area contributed by atoms with Gasteiger partial charge in [-0.3, -0.25) is 4.79 Å². The van der Waals surface area contributed by atoms with Gasteiger partial charge in [0.15, 0.2) is 10.8 Å². The number of halogens is 3. The Morgan fingerprint density at radius 3 is 2.23 bits per heavy atom. The fraction of sp³-hybridized carbons (Fsp3) is 0.389. The highest BCUT2D eigenvalue weighted by atomic mass is 32.2. The Balaban J connectivity index is 1.74. The highest BCUT2D eigenvalue weighted by Gasteiger charge is 2.55. The van der Waals surface area contributed by atoms with Crippen LogP contribution in [-0.4, -0.2) is 67.7 Å². The van der Waals surface area contributed by atoms with Crippen LogP contribution in [0.15, 0.2) is 46.3 Å². The number of aliphatic hydroxyl groups is 1. The SMILES string of the molecule is C[C@](O)(C(=O)Nc1ccc(S(=O)(=O)c2ccc(N3CCOCC3)nn2)cc1)C(F)(F)F. The Morgan fingerprint density at radius 1 is 1.10 bits per heavy atom. The quantitative estimate of drug-likeness (QED) is 0.687. The third kappa shape index (κ3) is 4.78. The second kappa shape index (κ2) is 8.40. The average molecular weight is 460 g/mol. The topological polar surface area (TPSA) is 122 Å². The summed E-state index contributed by atoms with van der Waals surface area (Å²) in [5.41, 5.74) is -3.72. The van der Waals surface area contributed by atoms with E-state index in [0.717, 1.165) is 24.3 Å². The summed E-state index contributed by atoms with van der Waals surface area (Å²) in [5.74, 6) is -1.18. The third-order valence-corrected chi connectivity index (χ3v) is 6.31. The Bertz CT molecular complexity index is 1040. The zero-order chi connectivity index (χ0) is 22.9. The molecule has 2 aromatic rings. The van der Waals surface area contributed by atoms with Crippen LogP contribution in [0, 0.1) is 0 Å². The Kier molecular flexibility index (Phi) is 6.21. The van der Waals surface area contributed by atoms with Crippen LogP contribution < -0.4 is 10.2 Å². The molecule has 31 heavy (non-hydrogen) atoms. The van der Waals surface area contributed by atoms with E-state index in [2.05, 4.69) is 10.2 Å². The van der Waals surface area contributed by atoms with Crippen molar-refractivity contribution in [3.05, 3.63) is 36.4 Å². The molecule has 1 aromatic carbocycles. The number of aromatic nitrogens is 2. The van der Waals surface area contributed by atoms with Crippen molar-refractivity contribution >= 4 is 27.2 Å². The van der Waals surface area contributed by atoms with Gasteiger partial charge in [0, 0.05) is 18.8 Å². The Hall–Kier alpha value is -2.77. The van der Waals surface area contributed by atoms with Gasteiger partial charge in [-0.2, -0.15) is 13.2 Å². The van der Waals surface area contributed by atoms with Gasteiger partial charge in [-0.15, -0.1) is 10.2 Å². The first-order valence-electron chi connectivity index (χ1n) is 9.05. The van der Waals surface area contributed by atoms with Crippen molar-refractivity contribution in [2.45, 2.75) is 28.6 Å². The van der Waals surface area contributed by atoms with Crippen molar-refractivity contribution in [3.8, 4) is 0 Å². The number of nitrogens with one attached hydrogen (secondary N) is 1. The summed E-state index contributed by atoms with van der Waals surface area (Å²) < 4.78 is 68.9. The number of amides is 1. The molecular formula is C18H19F3N4O5S. The molecule has 0 radical (unpaired) electrons. The number of benzene rings is 1. The van der Waals surface area contributed by atoms with Crippen LogP contribution in [0.2, 0.25) is 0 Å². The molecule has 1 aliphatic rings. The maximum absolute atomic E-state index is 12.7. The van der Waals surface area contributed by atoms with Crippen LogP contribution >= 0.6 is 0 Å². The Labute approximate surface area is 175 Å². The van der Waals surface area contributed by atoms with Gasteiger partial charge in [0.25, 0.3) is 5.91 Å². The normalized spacial score (nSPS) is 17.1. The first-order valence-corrected chi connectivity index (χ1v) is 10.5. The summed E-state index contributed by atoms with van der Waals surface area (Å²) in [6, 6.07) is 7.25. The number of morpholine rings is 1. The van der Waals surface area contributed by atoms with Gasteiger partial charge in [-0.05, 0) is 43.3 Å². The summed E-state index contributed by atoms with van der Waals surface area (Å²) in [6.45, 7) is 2.59. The number of sulfone groups is 1. The molecule has 2 N–H and O–H groups in total. The smallest absolute Gasteiger partial charge is 0.378 e. The lowest BCUT2D eigenvalue weighted by atomic mass is 10.1. The molecule has 1 amide bonds. The third-order valence-electron chi connectivity index (χ3n) is 4.65. The lowest BCUT2D eigenvalue weighted by molar-refractivity contribution is -0.242. The van der Waals surface area contributed by atoms with Crippen molar-refractivity contribution in [3.63, 3.8) is 0 Å². The number of alkyl halides is 3. The fourth-order valence-corrected chi connectivity index (χ4v) is 3.77. The van der Waals surface area contributed by atoms with Gasteiger partial charge in [-0.1, -0.05) is 0 Å². The number of carbonyl (C=O) groups is 1. The van der Waals surface area contributed by atoms with Crippen molar-refractivity contribution in [1.82, 2.24) is 10.2 Å². The highest BCUT2D eigenvalue weighted by molar-refractivity contribution is 7.91. The largest absolute Gasteiger partial charge is 0.426 e. The van der Waals surface area contributed by atoms with E-state index in [9.17, 15) is 31.5 Å². The van der Waals surface area contributed by atoms with E-state index in [-0.39, 0.29) is 15.6 Å². The number of carbonyl (C=O) groups excluding carboxylic acids is 1. The Morgan fingerprint density at radius 2 is 1.71 bits per heavy atom. The minimum Gasteiger partial charge on any atom is -0.378 e. The molecule has 0 saturated carbocycles. The minimum absolute atomic E-state index is 0.123. The van der Waals surface area contributed by atoms with E-state index >= 15 is 0 Å². The number of hydrogen-bond acceptors (Lipinski definition) is 8. The van der Waals surface area contributed by atoms with Gasteiger partial charge in [0.1, 0.15) is 0 Å². The lowest BCUT2D eigenvalue weighted by Crippen LogP contribution is -2.52. The van der Waals surface area contributed by atoms with Crippen LogP contribution in [0.25, 0.3) is 0 Å². The summed E-state index contributed by atoms with van der Waals surface area (Å²) in [6.07, 6.45) is -5.17. The van der Waals surface area contributed by atoms with Crippen LogP contribution in [-0.2, 0) is 19.4 Å². The second-order valence-electron chi connectivity index (χ2n) is 6.88. The molecule has 3 rings (SSSR count). The van der Waals surface area contributed by atoms with E-state index < -0.39 is 27.5 Å². The van der Waals surface area contributed by atoms with Crippen molar-refractivity contribution in [2.24, 2.45) is 0 Å². The van der Waals surface area contributed by atoms with E-state index in [1.165, 1.54) is 12.1 Å². The molecule has 1 aliphatic heterocycles. The van der Waals surface area contributed by atoms with Crippen LogP contribution in [0.5, 0.6) is 0 Å². The zero-order valence-corrected chi connectivity index (χ0v) is 17.1. The molecule has 0 spiro atoms. The number of rotatable bonds is 5. The highest BCUT2D eigenvalue weighted by Crippen LogP contribution is 2.31. The van der Waals surface area contributed by atoms with Crippen molar-refractivity contribution in [1.29, 1.82) is 0 Å². The summed E-state index contributed by atoms with van der Waals surface area (Å²) in [5, 5.41) is 18.7.